The van der Waals surface area contributed by atoms with Crippen LogP contribution in [-0.4, -0.2) is 46.9 Å². The van der Waals surface area contributed by atoms with Gasteiger partial charge in [0.1, 0.15) is 42.7 Å². The number of aliphatic hydroxyl groups is 1. The van der Waals surface area contributed by atoms with E-state index in [1.807, 2.05) is 72.8 Å². The fraction of sp³-hybridized carbons (Fsp3) is 0.512. The van der Waals surface area contributed by atoms with Crippen molar-refractivity contribution in [2.45, 2.75) is 129 Å². The van der Waals surface area contributed by atoms with Crippen LogP contribution in [0.25, 0.3) is 5.76 Å². The molecule has 0 aliphatic carbocycles. The Labute approximate surface area is 302 Å². The zero-order valence-electron chi connectivity index (χ0n) is 31.6. The molecule has 0 bridgehead atoms. The van der Waals surface area contributed by atoms with E-state index in [1.54, 1.807) is 0 Å². The number of ether oxygens (including phenoxy) is 3. The minimum absolute atomic E-state index is 0.183. The highest BCUT2D eigenvalue weighted by Gasteiger charge is 2.63. The van der Waals surface area contributed by atoms with Gasteiger partial charge in [0, 0.05) is 16.1 Å². The van der Waals surface area contributed by atoms with Crippen molar-refractivity contribution in [3.05, 3.63) is 101 Å². The molecule has 3 aromatic rings. The number of hydrogen-bond donors (Lipinski definition) is 1. The lowest BCUT2D eigenvalue weighted by Crippen LogP contribution is -2.68. The zero-order chi connectivity index (χ0) is 36.2. The molecule has 5 rings (SSSR count). The van der Waals surface area contributed by atoms with Gasteiger partial charge in [-0.05, 0) is 47.0 Å². The number of rotatable bonds is 13. The van der Waals surface area contributed by atoms with Crippen molar-refractivity contribution in [2.24, 2.45) is 0 Å². The van der Waals surface area contributed by atoms with Gasteiger partial charge in [0.15, 0.2) is 8.32 Å². The first kappa shape index (κ1) is 38.3. The van der Waals surface area contributed by atoms with Crippen molar-refractivity contribution >= 4 is 22.6 Å². The van der Waals surface area contributed by atoms with Crippen LogP contribution in [0.2, 0.25) is 28.2 Å². The van der Waals surface area contributed by atoms with Crippen LogP contribution in [0.15, 0.2) is 78.9 Å². The molecule has 7 nitrogen and oxygen atoms in total. The Morgan fingerprint density at radius 3 is 1.88 bits per heavy atom. The summed E-state index contributed by atoms with van der Waals surface area (Å²) < 4.78 is 41.3. The Bertz CT molecular complexity index is 1550. The molecule has 50 heavy (non-hydrogen) atoms. The molecule has 0 spiro atoms. The van der Waals surface area contributed by atoms with E-state index in [1.165, 1.54) is 0 Å². The van der Waals surface area contributed by atoms with E-state index in [2.05, 4.69) is 68.4 Å². The number of benzene rings is 3. The fourth-order valence-corrected chi connectivity index (χ4v) is 15.3. The number of fused-ring (bicyclic) bond motifs is 1. The molecule has 1 fully saturated rings. The van der Waals surface area contributed by atoms with Crippen LogP contribution in [0.4, 0.5) is 0 Å². The van der Waals surface area contributed by atoms with Gasteiger partial charge in [0.2, 0.25) is 0 Å². The van der Waals surface area contributed by atoms with Gasteiger partial charge in [-0.3, -0.25) is 0 Å². The molecular weight excluding hydrogens is 661 g/mol. The SMILES string of the molecule is CC[Si](CC)(CC)O[C@@H]1C=C(c2c(CO)cc(OCc3ccccc3)cc2OCc2ccccc2)O[C@@H]2CO[Si](C(C)(C)C)(C(C)(C)C)O[C@@H]12. The van der Waals surface area contributed by atoms with Gasteiger partial charge in [-0.15, -0.1) is 0 Å². The molecule has 0 aromatic heterocycles. The van der Waals surface area contributed by atoms with Crippen molar-refractivity contribution in [1.82, 2.24) is 0 Å². The zero-order valence-corrected chi connectivity index (χ0v) is 33.6. The van der Waals surface area contributed by atoms with Crippen LogP contribution >= 0.6 is 0 Å². The maximum Gasteiger partial charge on any atom is 0.349 e. The van der Waals surface area contributed by atoms with Crippen LogP contribution in [0, 0.1) is 0 Å². The molecule has 272 valence electrons. The normalized spacial score (nSPS) is 20.8. The Hall–Kier alpha value is -2.93. The Morgan fingerprint density at radius 2 is 1.36 bits per heavy atom. The van der Waals surface area contributed by atoms with Crippen molar-refractivity contribution in [3.63, 3.8) is 0 Å². The lowest BCUT2D eigenvalue weighted by molar-refractivity contribution is -0.113. The van der Waals surface area contributed by atoms with E-state index in [9.17, 15) is 5.11 Å². The summed E-state index contributed by atoms with van der Waals surface area (Å²) in [6, 6.07) is 26.9. The molecule has 1 N–H and O–H groups in total. The van der Waals surface area contributed by atoms with Gasteiger partial charge in [-0.1, -0.05) is 123 Å². The Kier molecular flexibility index (Phi) is 12.1. The molecular formula is C41H58O7Si2. The third kappa shape index (κ3) is 8.08. The van der Waals surface area contributed by atoms with Gasteiger partial charge in [0.25, 0.3) is 0 Å². The van der Waals surface area contributed by atoms with Crippen LogP contribution in [0.5, 0.6) is 11.5 Å². The summed E-state index contributed by atoms with van der Waals surface area (Å²) in [7, 11) is -4.92. The number of aliphatic hydroxyl groups excluding tert-OH is 1. The van der Waals surface area contributed by atoms with Crippen LogP contribution in [0.3, 0.4) is 0 Å². The summed E-state index contributed by atoms with van der Waals surface area (Å²) in [5.74, 6) is 1.79. The molecule has 3 atom stereocenters. The maximum atomic E-state index is 10.9. The third-order valence-electron chi connectivity index (χ3n) is 10.4. The van der Waals surface area contributed by atoms with Crippen molar-refractivity contribution in [2.75, 3.05) is 6.61 Å². The predicted molar refractivity (Wildman–Crippen MR) is 205 cm³/mol. The van der Waals surface area contributed by atoms with Gasteiger partial charge in [-0.25, -0.2) is 0 Å². The van der Waals surface area contributed by atoms with E-state index >= 15 is 0 Å². The first-order valence-corrected chi connectivity index (χ1v) is 22.6. The monoisotopic (exact) mass is 718 g/mol. The molecule has 3 aromatic carbocycles. The topological polar surface area (TPSA) is 75.6 Å². The second-order valence-corrected chi connectivity index (χ2v) is 25.2. The highest BCUT2D eigenvalue weighted by atomic mass is 28.4. The molecule has 1 saturated heterocycles. The van der Waals surface area contributed by atoms with Crippen molar-refractivity contribution in [1.29, 1.82) is 0 Å². The average Bonchev–Trinajstić information content (AvgIpc) is 3.11. The van der Waals surface area contributed by atoms with Crippen molar-refractivity contribution < 1.29 is 32.6 Å². The average molecular weight is 719 g/mol. The summed E-state index contributed by atoms with van der Waals surface area (Å²) in [6.45, 7) is 21.1. The second-order valence-electron chi connectivity index (χ2n) is 15.7. The maximum absolute atomic E-state index is 10.9. The predicted octanol–water partition coefficient (Wildman–Crippen LogP) is 9.92. The fourth-order valence-electron chi connectivity index (χ4n) is 7.59. The lowest BCUT2D eigenvalue weighted by atomic mass is 9.98. The smallest absolute Gasteiger partial charge is 0.349 e. The quantitative estimate of drug-likeness (QED) is 0.176. The molecule has 9 heteroatoms. The first-order chi connectivity index (χ1) is 23.8. The molecule has 0 saturated carbocycles. The van der Waals surface area contributed by atoms with Crippen LogP contribution in [-0.2, 0) is 37.8 Å². The van der Waals surface area contributed by atoms with E-state index in [-0.39, 0.29) is 28.9 Å². The largest absolute Gasteiger partial charge is 0.489 e. The van der Waals surface area contributed by atoms with E-state index in [4.69, 9.17) is 27.5 Å². The second kappa shape index (κ2) is 15.8. The lowest BCUT2D eigenvalue weighted by Gasteiger charge is -2.56. The molecule has 2 aliphatic heterocycles. The first-order valence-electron chi connectivity index (χ1n) is 18.3. The molecule has 2 aliphatic rings. The Morgan fingerprint density at radius 1 is 0.800 bits per heavy atom. The summed E-state index contributed by atoms with van der Waals surface area (Å²) in [5.41, 5.74) is 3.43. The molecule has 2 heterocycles. The standard InChI is InChI=1S/C41H58O7Si2/c1-10-49(11-2,12-3)47-36-25-35(46-37-29-45-50(40(4,5)6,41(7,8)9)48-39(36)37)38-32(26-42)23-33(43-27-30-19-15-13-16-20-30)24-34(38)44-28-31-21-17-14-18-22-31/h13-25,36-37,39,42H,10-12,26-29H2,1-9H3/t36-,37-,39+/m1/s1. The van der Waals surface area contributed by atoms with Crippen LogP contribution < -0.4 is 9.47 Å². The van der Waals surface area contributed by atoms with Gasteiger partial charge >= 0.3 is 8.56 Å². The Balaban J connectivity index is 1.61. The van der Waals surface area contributed by atoms with E-state index < -0.39 is 23.0 Å². The molecule has 0 unspecified atom stereocenters. The highest BCUT2D eigenvalue weighted by molar-refractivity contribution is 6.74. The summed E-state index contributed by atoms with van der Waals surface area (Å²) in [6.07, 6.45) is 1.02. The highest BCUT2D eigenvalue weighted by Crippen LogP contribution is 2.55. The minimum Gasteiger partial charge on any atom is -0.489 e. The van der Waals surface area contributed by atoms with Gasteiger partial charge in [0.05, 0.1) is 24.9 Å². The summed E-state index contributed by atoms with van der Waals surface area (Å²) >= 11 is 0. The molecule has 0 amide bonds. The minimum atomic E-state index is -2.82. The third-order valence-corrected chi connectivity index (χ3v) is 20.2. The van der Waals surface area contributed by atoms with Gasteiger partial charge < -0.3 is 32.6 Å². The van der Waals surface area contributed by atoms with E-state index in [0.717, 1.165) is 29.3 Å². The van der Waals surface area contributed by atoms with Crippen molar-refractivity contribution in [3.8, 4) is 11.5 Å². The molecule has 0 radical (unpaired) electrons. The van der Waals surface area contributed by atoms with E-state index in [0.29, 0.717) is 48.2 Å². The van der Waals surface area contributed by atoms with Gasteiger partial charge in [-0.2, -0.15) is 0 Å². The van der Waals surface area contributed by atoms with Crippen LogP contribution in [0.1, 0.15) is 84.6 Å². The number of hydrogen-bond acceptors (Lipinski definition) is 7. The summed E-state index contributed by atoms with van der Waals surface area (Å²) in [4.78, 5) is 0. The summed E-state index contributed by atoms with van der Waals surface area (Å²) in [5, 5.41) is 10.5.